The topological polar surface area (TPSA) is 40.5 Å². The minimum absolute atomic E-state index is 0.129. The number of carboxylic acid groups (broad SMARTS) is 1. The van der Waals surface area contributed by atoms with E-state index in [9.17, 15) is 4.79 Å². The highest BCUT2D eigenvalue weighted by Crippen LogP contribution is 2.28. The Kier molecular flexibility index (Phi) is 4.99. The van der Waals surface area contributed by atoms with Gasteiger partial charge in [0.2, 0.25) is 0 Å². The van der Waals surface area contributed by atoms with Crippen LogP contribution >= 0.6 is 15.9 Å². The van der Waals surface area contributed by atoms with E-state index in [4.69, 9.17) is 5.11 Å². The molecule has 0 unspecified atom stereocenters. The average Bonchev–Trinajstić information content (AvgIpc) is 2.39. The third-order valence-electron chi connectivity index (χ3n) is 3.99. The van der Waals surface area contributed by atoms with Gasteiger partial charge in [-0.15, -0.1) is 0 Å². The first-order valence-corrected chi connectivity index (χ1v) is 7.53. The van der Waals surface area contributed by atoms with Crippen LogP contribution < -0.4 is 0 Å². The van der Waals surface area contributed by atoms with Crippen LogP contribution in [-0.4, -0.2) is 29.1 Å². The van der Waals surface area contributed by atoms with Crippen molar-refractivity contribution in [3.63, 3.8) is 0 Å². The van der Waals surface area contributed by atoms with Crippen LogP contribution in [0.15, 0.2) is 28.7 Å². The second-order valence-electron chi connectivity index (χ2n) is 5.39. The lowest BCUT2D eigenvalue weighted by molar-refractivity contribution is -0.143. The lowest BCUT2D eigenvalue weighted by Gasteiger charge is -2.33. The maximum Gasteiger partial charge on any atom is 0.306 e. The lowest BCUT2D eigenvalue weighted by atomic mass is 9.85. The van der Waals surface area contributed by atoms with Gasteiger partial charge in [0.05, 0.1) is 5.92 Å². The smallest absolute Gasteiger partial charge is 0.306 e. The molecule has 0 bridgehead atoms. The molecule has 4 heteroatoms. The van der Waals surface area contributed by atoms with Crippen molar-refractivity contribution in [3.8, 4) is 0 Å². The summed E-state index contributed by atoms with van der Waals surface area (Å²) in [6, 6.07) is 8.86. The molecule has 0 aliphatic heterocycles. The van der Waals surface area contributed by atoms with Crippen molar-refractivity contribution >= 4 is 21.9 Å². The second-order valence-corrected chi connectivity index (χ2v) is 6.30. The number of carbonyl (C=O) groups is 1. The molecule has 1 aromatic carbocycles. The minimum Gasteiger partial charge on any atom is -0.481 e. The Morgan fingerprint density at radius 3 is 2.63 bits per heavy atom. The van der Waals surface area contributed by atoms with Crippen molar-refractivity contribution < 1.29 is 9.90 Å². The summed E-state index contributed by atoms with van der Waals surface area (Å²) in [4.78, 5) is 13.3. The Bertz CT molecular complexity index is 442. The molecule has 3 nitrogen and oxygen atoms in total. The van der Waals surface area contributed by atoms with Crippen LogP contribution in [0.5, 0.6) is 0 Å². The molecule has 0 aromatic heterocycles. The second kappa shape index (κ2) is 6.53. The summed E-state index contributed by atoms with van der Waals surface area (Å²) >= 11 is 3.49. The lowest BCUT2D eigenvalue weighted by Crippen LogP contribution is -2.36. The summed E-state index contributed by atoms with van der Waals surface area (Å²) in [5.41, 5.74) is 1.29. The molecule has 1 aliphatic rings. The first kappa shape index (κ1) is 14.5. The van der Waals surface area contributed by atoms with Crippen molar-refractivity contribution in [3.05, 3.63) is 34.3 Å². The molecule has 1 aromatic rings. The standard InChI is InChI=1S/C15H20BrNO2/c1-17(10-11-3-2-4-13(16)9-11)14-7-5-12(6-8-14)15(18)19/h2-4,9,12,14H,5-8,10H2,1H3,(H,18,19). The van der Waals surface area contributed by atoms with Gasteiger partial charge >= 0.3 is 5.97 Å². The van der Waals surface area contributed by atoms with E-state index < -0.39 is 5.97 Å². The molecule has 0 saturated heterocycles. The van der Waals surface area contributed by atoms with Gasteiger partial charge in [0, 0.05) is 17.1 Å². The zero-order valence-electron chi connectivity index (χ0n) is 11.2. The Hall–Kier alpha value is -0.870. The summed E-state index contributed by atoms with van der Waals surface area (Å²) in [5, 5.41) is 9.01. The van der Waals surface area contributed by atoms with Crippen molar-refractivity contribution in [1.82, 2.24) is 4.90 Å². The summed E-state index contributed by atoms with van der Waals surface area (Å²) in [6.45, 7) is 0.918. The molecule has 1 aliphatic carbocycles. The van der Waals surface area contributed by atoms with E-state index in [0.29, 0.717) is 6.04 Å². The molecule has 0 radical (unpaired) electrons. The summed E-state index contributed by atoms with van der Waals surface area (Å²) in [5.74, 6) is -0.761. The monoisotopic (exact) mass is 325 g/mol. The third-order valence-corrected chi connectivity index (χ3v) is 4.48. The predicted molar refractivity (Wildman–Crippen MR) is 79.0 cm³/mol. The van der Waals surface area contributed by atoms with Crippen molar-refractivity contribution in [2.75, 3.05) is 7.05 Å². The molecule has 2 rings (SSSR count). The number of rotatable bonds is 4. The van der Waals surface area contributed by atoms with Crippen LogP contribution in [0.2, 0.25) is 0 Å². The highest BCUT2D eigenvalue weighted by molar-refractivity contribution is 9.10. The molecular weight excluding hydrogens is 306 g/mol. The molecule has 1 saturated carbocycles. The fraction of sp³-hybridized carbons (Fsp3) is 0.533. The number of benzene rings is 1. The van der Waals surface area contributed by atoms with Gasteiger partial charge in [0.25, 0.3) is 0 Å². The van der Waals surface area contributed by atoms with Crippen LogP contribution in [0.25, 0.3) is 0 Å². The number of hydrogen-bond donors (Lipinski definition) is 1. The van der Waals surface area contributed by atoms with Gasteiger partial charge in [-0.05, 0) is 50.4 Å². The molecule has 19 heavy (non-hydrogen) atoms. The molecule has 1 N–H and O–H groups in total. The van der Waals surface area contributed by atoms with Crippen LogP contribution in [0.3, 0.4) is 0 Å². The summed E-state index contributed by atoms with van der Waals surface area (Å²) < 4.78 is 1.10. The largest absolute Gasteiger partial charge is 0.481 e. The number of nitrogens with zero attached hydrogens (tertiary/aromatic N) is 1. The molecule has 0 heterocycles. The quantitative estimate of drug-likeness (QED) is 0.920. The maximum atomic E-state index is 10.9. The van der Waals surface area contributed by atoms with E-state index in [-0.39, 0.29) is 5.92 Å². The van der Waals surface area contributed by atoms with Crippen molar-refractivity contribution in [2.24, 2.45) is 5.92 Å². The maximum absolute atomic E-state index is 10.9. The van der Waals surface area contributed by atoms with E-state index in [1.165, 1.54) is 5.56 Å². The van der Waals surface area contributed by atoms with Crippen LogP contribution in [0.1, 0.15) is 31.2 Å². The van der Waals surface area contributed by atoms with E-state index in [1.807, 2.05) is 6.07 Å². The summed E-state index contributed by atoms with van der Waals surface area (Å²) in [7, 11) is 2.13. The molecule has 104 valence electrons. The van der Waals surface area contributed by atoms with Gasteiger partial charge in [0.1, 0.15) is 0 Å². The Balaban J connectivity index is 1.88. The highest BCUT2D eigenvalue weighted by Gasteiger charge is 2.27. The molecule has 0 spiro atoms. The normalized spacial score (nSPS) is 23.5. The van der Waals surface area contributed by atoms with Crippen molar-refractivity contribution in [2.45, 2.75) is 38.3 Å². The van der Waals surface area contributed by atoms with Crippen LogP contribution in [0, 0.1) is 5.92 Å². The highest BCUT2D eigenvalue weighted by atomic mass is 79.9. The number of aliphatic carboxylic acids is 1. The number of halogens is 1. The molecule has 0 atom stereocenters. The molecule has 1 fully saturated rings. The SMILES string of the molecule is CN(Cc1cccc(Br)c1)C1CCC(C(=O)O)CC1. The first-order valence-electron chi connectivity index (χ1n) is 6.73. The minimum atomic E-state index is -0.631. The van der Waals surface area contributed by atoms with Gasteiger partial charge in [-0.2, -0.15) is 0 Å². The fourth-order valence-electron chi connectivity index (χ4n) is 2.82. The van der Waals surface area contributed by atoms with E-state index >= 15 is 0 Å². The van der Waals surface area contributed by atoms with E-state index in [1.54, 1.807) is 0 Å². The first-order chi connectivity index (χ1) is 9.06. The number of hydrogen-bond acceptors (Lipinski definition) is 2. The zero-order valence-corrected chi connectivity index (χ0v) is 12.8. The van der Waals surface area contributed by atoms with Gasteiger partial charge in [-0.1, -0.05) is 28.1 Å². The molecule has 0 amide bonds. The Morgan fingerprint density at radius 1 is 1.37 bits per heavy atom. The Labute approximate surface area is 122 Å². The molecular formula is C15H20BrNO2. The van der Waals surface area contributed by atoms with Gasteiger partial charge < -0.3 is 5.11 Å². The van der Waals surface area contributed by atoms with Crippen LogP contribution in [-0.2, 0) is 11.3 Å². The predicted octanol–water partition coefficient (Wildman–Crippen LogP) is 3.52. The zero-order chi connectivity index (χ0) is 13.8. The van der Waals surface area contributed by atoms with Crippen molar-refractivity contribution in [1.29, 1.82) is 0 Å². The number of carboxylic acids is 1. The van der Waals surface area contributed by atoms with E-state index in [0.717, 1.165) is 36.7 Å². The fourth-order valence-corrected chi connectivity index (χ4v) is 3.26. The third kappa shape index (κ3) is 4.05. The van der Waals surface area contributed by atoms with Gasteiger partial charge in [-0.25, -0.2) is 0 Å². The Morgan fingerprint density at radius 2 is 2.05 bits per heavy atom. The van der Waals surface area contributed by atoms with Gasteiger partial charge in [0.15, 0.2) is 0 Å². The summed E-state index contributed by atoms with van der Waals surface area (Å²) in [6.07, 6.45) is 3.59. The average molecular weight is 326 g/mol. The van der Waals surface area contributed by atoms with Gasteiger partial charge in [-0.3, -0.25) is 9.69 Å². The van der Waals surface area contributed by atoms with Crippen LogP contribution in [0.4, 0.5) is 0 Å². The van der Waals surface area contributed by atoms with E-state index in [2.05, 4.69) is 46.1 Å².